The van der Waals surface area contributed by atoms with E-state index in [4.69, 9.17) is 0 Å². The van der Waals surface area contributed by atoms with E-state index in [1.54, 1.807) is 0 Å². The molecule has 0 aromatic carbocycles. The maximum absolute atomic E-state index is 12.7. The molecular formula is C6H5FN2O4. The van der Waals surface area contributed by atoms with Gasteiger partial charge < -0.3 is 0 Å². The maximum atomic E-state index is 12.7. The summed E-state index contributed by atoms with van der Waals surface area (Å²) in [7, 11) is 0. The van der Waals surface area contributed by atoms with Crippen molar-refractivity contribution in [3.05, 3.63) is 44.2 Å². The van der Waals surface area contributed by atoms with E-state index in [1.165, 1.54) is 0 Å². The lowest BCUT2D eigenvalue weighted by Gasteiger charge is -2.09. The summed E-state index contributed by atoms with van der Waals surface area (Å²) < 4.78 is 12.7. The van der Waals surface area contributed by atoms with Crippen LogP contribution in [0.5, 0.6) is 0 Å². The van der Waals surface area contributed by atoms with E-state index in [1.807, 2.05) is 0 Å². The number of halogens is 1. The minimum absolute atomic E-state index is 0.449. The molecule has 7 heteroatoms. The van der Waals surface area contributed by atoms with Crippen LogP contribution in [0.3, 0.4) is 0 Å². The van der Waals surface area contributed by atoms with E-state index in [-0.39, 0.29) is 0 Å². The first-order valence-electron chi connectivity index (χ1n) is 3.34. The Labute approximate surface area is 71.7 Å². The molecule has 1 rings (SSSR count). The van der Waals surface area contributed by atoms with Crippen LogP contribution in [0.1, 0.15) is 0 Å². The van der Waals surface area contributed by atoms with Crippen LogP contribution in [-0.2, 0) is 0 Å². The Bertz CT molecular complexity index is 312. The molecular weight excluding hydrogens is 183 g/mol. The van der Waals surface area contributed by atoms with Gasteiger partial charge in [-0.2, -0.15) is 0 Å². The average molecular weight is 188 g/mol. The lowest BCUT2D eigenvalue weighted by molar-refractivity contribution is -0.518. The lowest BCUT2D eigenvalue weighted by Crippen LogP contribution is -2.30. The van der Waals surface area contributed by atoms with Crippen LogP contribution in [-0.4, -0.2) is 22.1 Å². The van der Waals surface area contributed by atoms with Crippen LogP contribution in [0.25, 0.3) is 0 Å². The Morgan fingerprint density at radius 1 is 1.38 bits per heavy atom. The largest absolute Gasteiger partial charge is 0.272 e. The fourth-order valence-electron chi connectivity index (χ4n) is 0.926. The van der Waals surface area contributed by atoms with Crippen LogP contribution in [0.2, 0.25) is 0 Å². The highest BCUT2D eigenvalue weighted by atomic mass is 19.1. The quantitative estimate of drug-likeness (QED) is 0.471. The van der Waals surface area contributed by atoms with Crippen molar-refractivity contribution in [3.63, 3.8) is 0 Å². The highest BCUT2D eigenvalue weighted by Gasteiger charge is 2.33. The van der Waals surface area contributed by atoms with Crippen LogP contribution in [0, 0.1) is 20.2 Å². The topological polar surface area (TPSA) is 86.3 Å². The summed E-state index contributed by atoms with van der Waals surface area (Å²) in [4.78, 5) is 18.7. The summed E-state index contributed by atoms with van der Waals surface area (Å²) in [6, 6.07) is -1.65. The van der Waals surface area contributed by atoms with E-state index >= 15 is 0 Å². The van der Waals surface area contributed by atoms with Crippen molar-refractivity contribution in [2.24, 2.45) is 0 Å². The second-order valence-electron chi connectivity index (χ2n) is 2.43. The highest BCUT2D eigenvalue weighted by Crippen LogP contribution is 2.16. The Hall–Kier alpha value is -1.79. The summed E-state index contributed by atoms with van der Waals surface area (Å²) in [5.41, 5.74) is -0.449. The smallest absolute Gasteiger partial charge is 0.264 e. The monoisotopic (exact) mass is 188 g/mol. The Morgan fingerprint density at radius 3 is 2.46 bits per heavy atom. The van der Waals surface area contributed by atoms with E-state index in [9.17, 15) is 24.6 Å². The van der Waals surface area contributed by atoms with Crippen molar-refractivity contribution >= 4 is 0 Å². The Morgan fingerprint density at radius 2 is 2.00 bits per heavy atom. The fourth-order valence-corrected chi connectivity index (χ4v) is 0.926. The van der Waals surface area contributed by atoms with Gasteiger partial charge in [0.05, 0.1) is 11.0 Å². The fraction of sp³-hybridized carbons (Fsp3) is 0.333. The molecule has 0 radical (unpaired) electrons. The van der Waals surface area contributed by atoms with Gasteiger partial charge in [-0.05, 0) is 6.08 Å². The number of nitrogens with zero attached hydrogens (tertiary/aromatic N) is 2. The van der Waals surface area contributed by atoms with Gasteiger partial charge >= 0.3 is 0 Å². The second-order valence-corrected chi connectivity index (χ2v) is 2.43. The van der Waals surface area contributed by atoms with Gasteiger partial charge in [0.2, 0.25) is 0 Å². The van der Waals surface area contributed by atoms with Gasteiger partial charge in [0.15, 0.2) is 6.17 Å². The van der Waals surface area contributed by atoms with E-state index in [0.29, 0.717) is 6.08 Å². The highest BCUT2D eigenvalue weighted by molar-refractivity contribution is 5.21. The molecule has 0 spiro atoms. The van der Waals surface area contributed by atoms with Crippen molar-refractivity contribution in [2.75, 3.05) is 0 Å². The molecule has 1 aliphatic rings. The van der Waals surface area contributed by atoms with E-state index in [0.717, 1.165) is 12.2 Å². The molecule has 0 saturated carbocycles. The zero-order valence-electron chi connectivity index (χ0n) is 6.29. The number of hydrogen-bond donors (Lipinski definition) is 0. The summed E-state index contributed by atoms with van der Waals surface area (Å²) >= 11 is 0. The molecule has 70 valence electrons. The summed E-state index contributed by atoms with van der Waals surface area (Å²) in [5, 5.41) is 20.4. The molecule has 0 aromatic heterocycles. The lowest BCUT2D eigenvalue weighted by atomic mass is 10.1. The van der Waals surface area contributed by atoms with Crippen molar-refractivity contribution in [3.8, 4) is 0 Å². The van der Waals surface area contributed by atoms with Crippen molar-refractivity contribution in [1.82, 2.24) is 0 Å². The molecule has 0 bridgehead atoms. The number of hydrogen-bond acceptors (Lipinski definition) is 4. The van der Waals surface area contributed by atoms with Gasteiger partial charge in [-0.3, -0.25) is 20.2 Å². The first kappa shape index (κ1) is 9.30. The first-order valence-corrected chi connectivity index (χ1v) is 3.34. The second kappa shape index (κ2) is 3.30. The molecule has 0 saturated heterocycles. The molecule has 2 unspecified atom stereocenters. The molecule has 1 aliphatic carbocycles. The molecule has 0 heterocycles. The molecule has 0 amide bonds. The number of rotatable bonds is 2. The number of allylic oxidation sites excluding steroid dienone is 1. The molecule has 0 fully saturated rings. The van der Waals surface area contributed by atoms with Crippen LogP contribution < -0.4 is 0 Å². The van der Waals surface area contributed by atoms with Crippen molar-refractivity contribution < 1.29 is 14.2 Å². The zero-order valence-corrected chi connectivity index (χ0v) is 6.29. The summed E-state index contributed by atoms with van der Waals surface area (Å²) in [6.07, 6.45) is 0.639. The molecule has 2 atom stereocenters. The molecule has 0 aromatic rings. The predicted octanol–water partition coefficient (Wildman–Crippen LogP) is 0.700. The third-order valence-corrected chi connectivity index (χ3v) is 1.57. The van der Waals surface area contributed by atoms with Gasteiger partial charge in [0.1, 0.15) is 0 Å². The molecule has 6 nitrogen and oxygen atoms in total. The van der Waals surface area contributed by atoms with Crippen LogP contribution >= 0.6 is 0 Å². The van der Waals surface area contributed by atoms with Gasteiger partial charge in [-0.25, -0.2) is 4.39 Å². The first-order chi connectivity index (χ1) is 6.02. The van der Waals surface area contributed by atoms with Gasteiger partial charge in [0, 0.05) is 11.0 Å². The third kappa shape index (κ3) is 1.86. The summed E-state index contributed by atoms with van der Waals surface area (Å²) in [5.74, 6) is 0. The van der Waals surface area contributed by atoms with Crippen molar-refractivity contribution in [2.45, 2.75) is 12.2 Å². The van der Waals surface area contributed by atoms with Crippen LogP contribution in [0.15, 0.2) is 23.9 Å². The van der Waals surface area contributed by atoms with E-state index in [2.05, 4.69) is 0 Å². The molecule has 0 N–H and O–H groups in total. The third-order valence-electron chi connectivity index (χ3n) is 1.57. The molecule has 0 aliphatic heterocycles. The number of alkyl halides is 1. The van der Waals surface area contributed by atoms with Crippen LogP contribution in [0.4, 0.5) is 4.39 Å². The van der Waals surface area contributed by atoms with Crippen molar-refractivity contribution in [1.29, 1.82) is 0 Å². The maximum Gasteiger partial charge on any atom is 0.272 e. The minimum atomic E-state index is -1.79. The SMILES string of the molecule is O=[N+]([O-])C1=CC([N+](=O)[O-])C(F)C=C1. The summed E-state index contributed by atoms with van der Waals surface area (Å²) in [6.45, 7) is 0. The Kier molecular flexibility index (Phi) is 2.36. The molecule has 13 heavy (non-hydrogen) atoms. The number of nitro groups is 2. The van der Waals surface area contributed by atoms with Gasteiger partial charge in [0.25, 0.3) is 11.7 Å². The predicted molar refractivity (Wildman–Crippen MR) is 39.9 cm³/mol. The van der Waals surface area contributed by atoms with Gasteiger partial charge in [-0.1, -0.05) is 0 Å². The average Bonchev–Trinajstić information content (AvgIpc) is 2.04. The minimum Gasteiger partial charge on any atom is -0.264 e. The Balaban J connectivity index is 2.93. The normalized spacial score (nSPS) is 26.7. The van der Waals surface area contributed by atoms with Gasteiger partial charge in [-0.15, -0.1) is 0 Å². The van der Waals surface area contributed by atoms with E-state index < -0.39 is 27.8 Å². The zero-order chi connectivity index (χ0) is 10.0. The standard InChI is InChI=1S/C6H5FN2O4/c7-5-2-1-4(8(10)11)3-6(5)9(12)13/h1-3,5-6H.